The lowest BCUT2D eigenvalue weighted by Gasteiger charge is -2.04. The molecule has 1 aromatic rings. The number of ether oxygens (including phenoxy) is 1. The second-order valence-electron chi connectivity index (χ2n) is 4.41. The first-order chi connectivity index (χ1) is 10.0. The summed E-state index contributed by atoms with van der Waals surface area (Å²) in [5.41, 5.74) is -0.303. The van der Waals surface area contributed by atoms with Crippen LogP contribution in [0.5, 0.6) is 0 Å². The molecule has 1 rings (SSSR count). The lowest BCUT2D eigenvalue weighted by atomic mass is 10.2. The van der Waals surface area contributed by atoms with Gasteiger partial charge in [-0.1, -0.05) is 6.42 Å². The molecule has 0 radical (unpaired) electrons. The zero-order valence-corrected chi connectivity index (χ0v) is 12.7. The number of carbonyl (C=O) groups is 2. The van der Waals surface area contributed by atoms with Crippen molar-refractivity contribution in [2.45, 2.75) is 37.5 Å². The van der Waals surface area contributed by atoms with Crippen LogP contribution < -0.4 is 0 Å². The Morgan fingerprint density at radius 3 is 2.71 bits per heavy atom. The van der Waals surface area contributed by atoms with E-state index in [0.29, 0.717) is 13.0 Å². The van der Waals surface area contributed by atoms with Crippen molar-refractivity contribution in [2.24, 2.45) is 0 Å². The van der Waals surface area contributed by atoms with Gasteiger partial charge < -0.3 is 9.84 Å². The van der Waals surface area contributed by atoms with Crippen LogP contribution in [0.15, 0.2) is 23.1 Å². The molecule has 0 saturated heterocycles. The number of rotatable bonds is 9. The fraction of sp³-hybridized carbons (Fsp3) is 0.467. The fourth-order valence-electron chi connectivity index (χ4n) is 1.73. The Morgan fingerprint density at radius 2 is 2.05 bits per heavy atom. The van der Waals surface area contributed by atoms with Gasteiger partial charge in [0, 0.05) is 11.3 Å². The fourth-order valence-corrected chi connectivity index (χ4v) is 2.68. The van der Waals surface area contributed by atoms with Gasteiger partial charge in [-0.3, -0.25) is 4.79 Å². The Kier molecular flexibility index (Phi) is 7.82. The quantitative estimate of drug-likeness (QED) is 0.427. The zero-order valence-electron chi connectivity index (χ0n) is 11.9. The number of carboxylic acid groups (broad SMARTS) is 1. The molecule has 0 aliphatic rings. The van der Waals surface area contributed by atoms with Gasteiger partial charge in [-0.05, 0) is 43.7 Å². The van der Waals surface area contributed by atoms with Gasteiger partial charge in [0.1, 0.15) is 5.82 Å². The number of halogens is 1. The lowest BCUT2D eigenvalue weighted by molar-refractivity contribution is -0.143. The molecule has 4 nitrogen and oxygen atoms in total. The first-order valence-corrected chi connectivity index (χ1v) is 7.84. The highest BCUT2D eigenvalue weighted by molar-refractivity contribution is 7.99. The maximum Gasteiger partial charge on any atom is 0.338 e. The molecule has 0 heterocycles. The predicted octanol–water partition coefficient (Wildman–Crippen LogP) is 3.74. The van der Waals surface area contributed by atoms with E-state index in [4.69, 9.17) is 9.84 Å². The van der Waals surface area contributed by atoms with Crippen molar-refractivity contribution in [3.63, 3.8) is 0 Å². The van der Waals surface area contributed by atoms with Crippen molar-refractivity contribution < 1.29 is 23.8 Å². The third-order valence-electron chi connectivity index (χ3n) is 2.77. The highest BCUT2D eigenvalue weighted by Crippen LogP contribution is 2.22. The number of thioether (sulfide) groups is 1. The molecular weight excluding hydrogens is 295 g/mol. The number of carbonyl (C=O) groups excluding carboxylic acids is 1. The van der Waals surface area contributed by atoms with Crippen LogP contribution in [0.2, 0.25) is 0 Å². The molecule has 0 spiro atoms. The van der Waals surface area contributed by atoms with Crippen molar-refractivity contribution in [1.29, 1.82) is 0 Å². The van der Waals surface area contributed by atoms with Crippen LogP contribution in [0.3, 0.4) is 0 Å². The average Bonchev–Trinajstić information content (AvgIpc) is 2.44. The summed E-state index contributed by atoms with van der Waals surface area (Å²) in [6.45, 7) is 2.19. The summed E-state index contributed by atoms with van der Waals surface area (Å²) in [6.07, 6.45) is 3.02. The number of aromatic carboxylic acids is 1. The standard InChI is InChI=1S/C15H19FO4S/c1-2-20-14(17)6-4-3-5-9-21-11-7-8-13(16)12(10-11)15(18)19/h7-8,10H,2-6,9H2,1H3,(H,18,19). The summed E-state index contributed by atoms with van der Waals surface area (Å²) in [5.74, 6) is -1.35. The molecule has 0 bridgehead atoms. The van der Waals surface area contributed by atoms with Crippen LogP contribution >= 0.6 is 11.8 Å². The summed E-state index contributed by atoms with van der Waals surface area (Å²) >= 11 is 1.48. The van der Waals surface area contributed by atoms with E-state index in [-0.39, 0.29) is 11.5 Å². The van der Waals surface area contributed by atoms with E-state index in [2.05, 4.69) is 0 Å². The van der Waals surface area contributed by atoms with E-state index in [1.165, 1.54) is 23.9 Å². The Balaban J connectivity index is 2.26. The molecule has 0 amide bonds. The lowest BCUT2D eigenvalue weighted by Crippen LogP contribution is -2.03. The summed E-state index contributed by atoms with van der Waals surface area (Å²) in [6, 6.07) is 4.10. The third kappa shape index (κ3) is 6.62. The second-order valence-corrected chi connectivity index (χ2v) is 5.58. The Labute approximate surface area is 127 Å². The van der Waals surface area contributed by atoms with E-state index in [9.17, 15) is 14.0 Å². The number of hydrogen-bond acceptors (Lipinski definition) is 4. The molecule has 21 heavy (non-hydrogen) atoms. The number of carboxylic acids is 1. The zero-order chi connectivity index (χ0) is 15.7. The first kappa shape index (κ1) is 17.5. The van der Waals surface area contributed by atoms with Gasteiger partial charge in [-0.25, -0.2) is 9.18 Å². The summed E-state index contributed by atoms with van der Waals surface area (Å²) in [5, 5.41) is 8.83. The maximum atomic E-state index is 13.2. The highest BCUT2D eigenvalue weighted by Gasteiger charge is 2.10. The molecule has 0 saturated carbocycles. The molecule has 116 valence electrons. The third-order valence-corrected chi connectivity index (χ3v) is 3.85. The van der Waals surface area contributed by atoms with E-state index in [1.807, 2.05) is 0 Å². The SMILES string of the molecule is CCOC(=O)CCCCCSc1ccc(F)c(C(=O)O)c1. The largest absolute Gasteiger partial charge is 0.478 e. The molecule has 0 atom stereocenters. The number of esters is 1. The van der Waals surface area contributed by atoms with E-state index in [0.717, 1.165) is 29.9 Å². The first-order valence-electron chi connectivity index (χ1n) is 6.86. The smallest absolute Gasteiger partial charge is 0.338 e. The van der Waals surface area contributed by atoms with Gasteiger partial charge in [-0.15, -0.1) is 11.8 Å². The highest BCUT2D eigenvalue weighted by atomic mass is 32.2. The monoisotopic (exact) mass is 314 g/mol. The van der Waals surface area contributed by atoms with Crippen LogP contribution in [-0.4, -0.2) is 29.4 Å². The van der Waals surface area contributed by atoms with Gasteiger partial charge >= 0.3 is 11.9 Å². The molecule has 6 heteroatoms. The van der Waals surface area contributed by atoms with Gasteiger partial charge in [0.2, 0.25) is 0 Å². The van der Waals surface area contributed by atoms with E-state index >= 15 is 0 Å². The molecular formula is C15H19FO4S. The normalized spacial score (nSPS) is 10.4. The minimum absolute atomic E-state index is 0.171. The minimum Gasteiger partial charge on any atom is -0.478 e. The Hall–Kier alpha value is -1.56. The van der Waals surface area contributed by atoms with Crippen molar-refractivity contribution in [2.75, 3.05) is 12.4 Å². The molecule has 1 aromatic carbocycles. The number of unbranched alkanes of at least 4 members (excludes halogenated alkanes) is 2. The second kappa shape index (κ2) is 9.39. The van der Waals surface area contributed by atoms with E-state index < -0.39 is 11.8 Å². The van der Waals surface area contributed by atoms with Crippen molar-refractivity contribution in [3.05, 3.63) is 29.6 Å². The van der Waals surface area contributed by atoms with Crippen molar-refractivity contribution in [3.8, 4) is 0 Å². The van der Waals surface area contributed by atoms with Crippen LogP contribution in [0.25, 0.3) is 0 Å². The summed E-state index contributed by atoms with van der Waals surface area (Å²) < 4.78 is 18.0. The van der Waals surface area contributed by atoms with Crippen LogP contribution in [0.1, 0.15) is 43.0 Å². The molecule has 0 aliphatic carbocycles. The topological polar surface area (TPSA) is 63.6 Å². The van der Waals surface area contributed by atoms with Gasteiger partial charge in [0.05, 0.1) is 12.2 Å². The molecule has 0 aliphatic heterocycles. The van der Waals surface area contributed by atoms with Gasteiger partial charge in [-0.2, -0.15) is 0 Å². The maximum absolute atomic E-state index is 13.2. The average molecular weight is 314 g/mol. The predicted molar refractivity (Wildman–Crippen MR) is 79.2 cm³/mol. The van der Waals surface area contributed by atoms with Crippen LogP contribution in [0.4, 0.5) is 4.39 Å². The van der Waals surface area contributed by atoms with Crippen molar-refractivity contribution >= 4 is 23.7 Å². The Morgan fingerprint density at radius 1 is 1.29 bits per heavy atom. The molecule has 0 unspecified atom stereocenters. The minimum atomic E-state index is -1.26. The number of hydrogen-bond donors (Lipinski definition) is 1. The number of benzene rings is 1. The van der Waals surface area contributed by atoms with Gasteiger partial charge in [0.15, 0.2) is 0 Å². The molecule has 0 fully saturated rings. The van der Waals surface area contributed by atoms with E-state index in [1.54, 1.807) is 13.0 Å². The Bertz CT molecular complexity index is 491. The van der Waals surface area contributed by atoms with Crippen molar-refractivity contribution in [1.82, 2.24) is 0 Å². The summed E-state index contributed by atoms with van der Waals surface area (Å²) in [7, 11) is 0. The molecule has 1 N–H and O–H groups in total. The van der Waals surface area contributed by atoms with Crippen LogP contribution in [0, 0.1) is 5.82 Å². The van der Waals surface area contributed by atoms with Gasteiger partial charge in [0.25, 0.3) is 0 Å². The molecule has 0 aromatic heterocycles. The summed E-state index contributed by atoms with van der Waals surface area (Å²) in [4.78, 5) is 22.7. The van der Waals surface area contributed by atoms with Crippen LogP contribution in [-0.2, 0) is 9.53 Å².